The first-order valence-electron chi connectivity index (χ1n) is 4.68. The molecule has 0 saturated carbocycles. The topological polar surface area (TPSA) is 12.5 Å². The summed E-state index contributed by atoms with van der Waals surface area (Å²) in [6, 6.07) is 0. The van der Waals surface area contributed by atoms with Crippen LogP contribution in [0.2, 0.25) is 0 Å². The van der Waals surface area contributed by atoms with Gasteiger partial charge in [-0.25, -0.2) is 0 Å². The van der Waals surface area contributed by atoms with Crippen molar-refractivity contribution in [1.29, 1.82) is 0 Å². The predicted octanol–water partition coefficient (Wildman–Crippen LogP) is 0.975. The number of ether oxygens (including phenoxy) is 1. The molecule has 0 unspecified atom stereocenters. The van der Waals surface area contributed by atoms with E-state index in [1.807, 2.05) is 0 Å². The average molecular weight is 155 g/mol. The van der Waals surface area contributed by atoms with E-state index in [0.717, 1.165) is 25.0 Å². The number of nitrogens with zero attached hydrogens (tertiary/aromatic N) is 1. The summed E-state index contributed by atoms with van der Waals surface area (Å²) in [4.78, 5) is 2.56. The molecule has 0 aromatic rings. The van der Waals surface area contributed by atoms with Gasteiger partial charge >= 0.3 is 0 Å². The lowest BCUT2D eigenvalue weighted by molar-refractivity contribution is -0.0616. The maximum Gasteiger partial charge on any atom is 0.0528 e. The molecule has 0 radical (unpaired) electrons. The molecule has 2 heteroatoms. The standard InChI is InChI=1S/C9H17NO/c1-2-8-3-10(4-8)5-9-6-11-7-9/h8-9H,2-7H2,1H3. The fourth-order valence-electron chi connectivity index (χ4n) is 1.84. The van der Waals surface area contributed by atoms with E-state index in [1.54, 1.807) is 0 Å². The maximum atomic E-state index is 5.13. The SMILES string of the molecule is CCC1CN(CC2COC2)C1. The molecule has 2 aliphatic heterocycles. The van der Waals surface area contributed by atoms with Gasteiger partial charge in [0.2, 0.25) is 0 Å². The summed E-state index contributed by atoms with van der Waals surface area (Å²) in [5.74, 6) is 1.85. The molecule has 2 nitrogen and oxygen atoms in total. The molecular weight excluding hydrogens is 138 g/mol. The van der Waals surface area contributed by atoms with Crippen LogP contribution in [0.5, 0.6) is 0 Å². The van der Waals surface area contributed by atoms with Crippen molar-refractivity contribution in [1.82, 2.24) is 4.90 Å². The molecule has 2 rings (SSSR count). The van der Waals surface area contributed by atoms with Crippen molar-refractivity contribution in [2.45, 2.75) is 13.3 Å². The molecule has 0 spiro atoms. The van der Waals surface area contributed by atoms with E-state index in [-0.39, 0.29) is 0 Å². The van der Waals surface area contributed by atoms with E-state index >= 15 is 0 Å². The summed E-state index contributed by atoms with van der Waals surface area (Å²) >= 11 is 0. The molecule has 0 bridgehead atoms. The fourth-order valence-corrected chi connectivity index (χ4v) is 1.84. The van der Waals surface area contributed by atoms with Crippen LogP contribution in [-0.2, 0) is 4.74 Å². The van der Waals surface area contributed by atoms with Crippen molar-refractivity contribution in [3.05, 3.63) is 0 Å². The highest BCUT2D eigenvalue weighted by molar-refractivity contribution is 4.81. The van der Waals surface area contributed by atoms with Crippen molar-refractivity contribution in [2.75, 3.05) is 32.8 Å². The summed E-state index contributed by atoms with van der Waals surface area (Å²) < 4.78 is 5.13. The van der Waals surface area contributed by atoms with E-state index in [1.165, 1.54) is 26.1 Å². The van der Waals surface area contributed by atoms with Gasteiger partial charge in [0.25, 0.3) is 0 Å². The van der Waals surface area contributed by atoms with Crippen LogP contribution in [0, 0.1) is 11.8 Å². The molecule has 0 aromatic heterocycles. The van der Waals surface area contributed by atoms with Crippen molar-refractivity contribution < 1.29 is 4.74 Å². The highest BCUT2D eigenvalue weighted by atomic mass is 16.5. The second-order valence-corrected chi connectivity index (χ2v) is 3.90. The van der Waals surface area contributed by atoms with Gasteiger partial charge in [-0.15, -0.1) is 0 Å². The van der Waals surface area contributed by atoms with Gasteiger partial charge in [-0.05, 0) is 5.92 Å². The number of rotatable bonds is 3. The van der Waals surface area contributed by atoms with Gasteiger partial charge in [0, 0.05) is 25.6 Å². The molecule has 2 heterocycles. The Morgan fingerprint density at radius 3 is 2.45 bits per heavy atom. The van der Waals surface area contributed by atoms with Crippen LogP contribution in [0.25, 0.3) is 0 Å². The van der Waals surface area contributed by atoms with Crippen LogP contribution in [0.3, 0.4) is 0 Å². The van der Waals surface area contributed by atoms with E-state index in [4.69, 9.17) is 4.74 Å². The number of hydrogen-bond donors (Lipinski definition) is 0. The normalized spacial score (nSPS) is 28.1. The van der Waals surface area contributed by atoms with Crippen molar-refractivity contribution >= 4 is 0 Å². The van der Waals surface area contributed by atoms with Gasteiger partial charge in [-0.2, -0.15) is 0 Å². The van der Waals surface area contributed by atoms with Crippen LogP contribution in [0.15, 0.2) is 0 Å². The highest BCUT2D eigenvalue weighted by Crippen LogP contribution is 2.21. The van der Waals surface area contributed by atoms with Gasteiger partial charge in [0.15, 0.2) is 0 Å². The second kappa shape index (κ2) is 3.11. The Bertz CT molecular complexity index is 128. The summed E-state index contributed by atoms with van der Waals surface area (Å²) in [5, 5.41) is 0. The molecule has 0 amide bonds. The molecule has 0 aromatic carbocycles. The summed E-state index contributed by atoms with van der Waals surface area (Å²) in [7, 11) is 0. The van der Waals surface area contributed by atoms with Gasteiger partial charge in [0.05, 0.1) is 13.2 Å². The third-order valence-electron chi connectivity index (χ3n) is 2.83. The lowest BCUT2D eigenvalue weighted by atomic mass is 9.95. The lowest BCUT2D eigenvalue weighted by Crippen LogP contribution is -2.51. The smallest absolute Gasteiger partial charge is 0.0528 e. The largest absolute Gasteiger partial charge is 0.381 e. The Morgan fingerprint density at radius 1 is 1.27 bits per heavy atom. The molecule has 2 fully saturated rings. The van der Waals surface area contributed by atoms with Crippen molar-refractivity contribution in [2.24, 2.45) is 11.8 Å². The minimum Gasteiger partial charge on any atom is -0.381 e. The van der Waals surface area contributed by atoms with Crippen LogP contribution in [-0.4, -0.2) is 37.7 Å². The lowest BCUT2D eigenvalue weighted by Gasteiger charge is -2.42. The predicted molar refractivity (Wildman–Crippen MR) is 44.5 cm³/mol. The van der Waals surface area contributed by atoms with E-state index < -0.39 is 0 Å². The Labute approximate surface area is 68.5 Å². The zero-order valence-corrected chi connectivity index (χ0v) is 7.25. The van der Waals surface area contributed by atoms with E-state index in [2.05, 4.69) is 11.8 Å². The van der Waals surface area contributed by atoms with E-state index in [0.29, 0.717) is 0 Å². The third-order valence-corrected chi connectivity index (χ3v) is 2.83. The Hall–Kier alpha value is -0.0800. The van der Waals surface area contributed by atoms with Crippen molar-refractivity contribution in [3.8, 4) is 0 Å². The van der Waals surface area contributed by atoms with E-state index in [9.17, 15) is 0 Å². The maximum absolute atomic E-state index is 5.13. The molecule has 0 N–H and O–H groups in total. The summed E-state index contributed by atoms with van der Waals surface area (Å²) in [5.41, 5.74) is 0. The minimum absolute atomic E-state index is 0.854. The molecule has 2 saturated heterocycles. The van der Waals surface area contributed by atoms with Gasteiger partial charge < -0.3 is 9.64 Å². The van der Waals surface area contributed by atoms with Gasteiger partial charge in [0.1, 0.15) is 0 Å². The zero-order valence-electron chi connectivity index (χ0n) is 7.25. The Morgan fingerprint density at radius 2 is 2.00 bits per heavy atom. The summed E-state index contributed by atoms with van der Waals surface area (Å²) in [6.45, 7) is 8.27. The average Bonchev–Trinajstić information content (AvgIpc) is 1.81. The first-order valence-corrected chi connectivity index (χ1v) is 4.68. The molecule has 0 atom stereocenters. The molecule has 2 aliphatic rings. The Balaban J connectivity index is 1.59. The van der Waals surface area contributed by atoms with Crippen LogP contribution < -0.4 is 0 Å². The number of hydrogen-bond acceptors (Lipinski definition) is 2. The first kappa shape index (κ1) is 7.56. The minimum atomic E-state index is 0.854. The Kier molecular flexibility index (Phi) is 2.14. The van der Waals surface area contributed by atoms with Gasteiger partial charge in [-0.3, -0.25) is 0 Å². The quantitative estimate of drug-likeness (QED) is 0.602. The van der Waals surface area contributed by atoms with Crippen molar-refractivity contribution in [3.63, 3.8) is 0 Å². The summed E-state index contributed by atoms with van der Waals surface area (Å²) in [6.07, 6.45) is 1.36. The second-order valence-electron chi connectivity index (χ2n) is 3.90. The number of likely N-dealkylation sites (tertiary alicyclic amines) is 1. The highest BCUT2D eigenvalue weighted by Gasteiger charge is 2.29. The zero-order chi connectivity index (χ0) is 7.68. The molecule has 11 heavy (non-hydrogen) atoms. The molecule has 64 valence electrons. The van der Waals surface area contributed by atoms with Crippen LogP contribution in [0.4, 0.5) is 0 Å². The fraction of sp³-hybridized carbons (Fsp3) is 1.00. The van der Waals surface area contributed by atoms with Crippen LogP contribution >= 0.6 is 0 Å². The van der Waals surface area contributed by atoms with Crippen LogP contribution in [0.1, 0.15) is 13.3 Å². The van der Waals surface area contributed by atoms with Gasteiger partial charge in [-0.1, -0.05) is 13.3 Å². The third kappa shape index (κ3) is 1.57. The molecule has 0 aliphatic carbocycles. The first-order chi connectivity index (χ1) is 5.38. The molecular formula is C9H17NO. The monoisotopic (exact) mass is 155 g/mol.